The lowest BCUT2D eigenvalue weighted by atomic mass is 9.95. The molecule has 2 N–H and O–H groups in total. The lowest BCUT2D eigenvalue weighted by Crippen LogP contribution is -2.47. The molecule has 6 rings (SSSR count). The van der Waals surface area contributed by atoms with Gasteiger partial charge in [0.15, 0.2) is 0 Å². The first kappa shape index (κ1) is 33.0. The van der Waals surface area contributed by atoms with E-state index in [0.717, 1.165) is 30.8 Å². The summed E-state index contributed by atoms with van der Waals surface area (Å²) in [6.07, 6.45) is 3.22. The van der Waals surface area contributed by atoms with Gasteiger partial charge >= 0.3 is 11.9 Å². The summed E-state index contributed by atoms with van der Waals surface area (Å²) < 4.78 is 29.1. The van der Waals surface area contributed by atoms with Crippen molar-refractivity contribution in [3.63, 3.8) is 0 Å². The molecule has 3 aliphatic heterocycles. The van der Waals surface area contributed by atoms with Crippen LogP contribution < -0.4 is 0 Å². The minimum absolute atomic E-state index is 0.124. The largest absolute Gasteiger partial charge is 0.478 e. The Kier molecular flexibility index (Phi) is 10.0. The van der Waals surface area contributed by atoms with E-state index in [1.807, 2.05) is 24.3 Å². The number of carboxylic acid groups (broad SMARTS) is 2. The first-order chi connectivity index (χ1) is 22.0. The van der Waals surface area contributed by atoms with E-state index in [1.165, 1.54) is 4.90 Å². The standard InChI is InChI=1S/C29H28ClN3O4S.C4H4O4/c30-21-12-10-20(11-13-21)27-25-8-3-4-9-26(25)38(36,37)33(27)22-14-18-31(19-15-22)16-5-17-32-28(34)23-6-1-2-7-24(23)29(32)35;5-3(6)1-2-4(7)8/h1-4,6-13,22,27H,5,14-19H2;1-2H,(H,5,6)(H,7,8). The van der Waals surface area contributed by atoms with Gasteiger partial charge in [-0.15, -0.1) is 0 Å². The summed E-state index contributed by atoms with van der Waals surface area (Å²) in [6, 6.07) is 21.1. The predicted molar refractivity (Wildman–Crippen MR) is 169 cm³/mol. The predicted octanol–water partition coefficient (Wildman–Crippen LogP) is 4.30. The minimum atomic E-state index is -3.64. The van der Waals surface area contributed by atoms with Crippen LogP contribution in [0.15, 0.2) is 89.8 Å². The van der Waals surface area contributed by atoms with E-state index in [0.29, 0.717) is 59.0 Å². The van der Waals surface area contributed by atoms with Gasteiger partial charge in [-0.25, -0.2) is 18.0 Å². The molecule has 2 amide bonds. The second kappa shape index (κ2) is 14.0. The van der Waals surface area contributed by atoms with E-state index in [-0.39, 0.29) is 23.9 Å². The van der Waals surface area contributed by atoms with Crippen LogP contribution in [0, 0.1) is 0 Å². The molecule has 3 heterocycles. The van der Waals surface area contributed by atoms with Crippen molar-refractivity contribution >= 4 is 45.4 Å². The van der Waals surface area contributed by atoms with Gasteiger partial charge in [-0.3, -0.25) is 14.5 Å². The van der Waals surface area contributed by atoms with Crippen molar-refractivity contribution in [2.75, 3.05) is 26.2 Å². The quantitative estimate of drug-likeness (QED) is 0.265. The number of benzene rings is 3. The molecule has 3 aromatic rings. The second-order valence-electron chi connectivity index (χ2n) is 11.1. The fraction of sp³-hybridized carbons (Fsp3) is 0.273. The monoisotopic (exact) mass is 665 g/mol. The molecule has 1 saturated heterocycles. The zero-order valence-corrected chi connectivity index (χ0v) is 26.2. The Morgan fingerprint density at radius 2 is 1.35 bits per heavy atom. The second-order valence-corrected chi connectivity index (χ2v) is 13.3. The highest BCUT2D eigenvalue weighted by Crippen LogP contribution is 2.46. The highest BCUT2D eigenvalue weighted by molar-refractivity contribution is 7.89. The molecule has 11 nitrogen and oxygen atoms in total. The number of piperidine rings is 1. The minimum Gasteiger partial charge on any atom is -0.478 e. The van der Waals surface area contributed by atoms with E-state index in [9.17, 15) is 27.6 Å². The van der Waals surface area contributed by atoms with Crippen LogP contribution in [0.4, 0.5) is 0 Å². The van der Waals surface area contributed by atoms with Gasteiger partial charge in [0.05, 0.1) is 22.1 Å². The number of aliphatic carboxylic acids is 2. The van der Waals surface area contributed by atoms with Gasteiger partial charge in [0.2, 0.25) is 10.0 Å². The Hall–Kier alpha value is -4.36. The van der Waals surface area contributed by atoms with Gasteiger partial charge < -0.3 is 15.1 Å². The van der Waals surface area contributed by atoms with Crippen molar-refractivity contribution in [2.24, 2.45) is 0 Å². The number of carbonyl (C=O) groups is 4. The number of carboxylic acids is 2. The average Bonchev–Trinajstić information content (AvgIpc) is 3.43. The van der Waals surface area contributed by atoms with Crippen LogP contribution in [-0.2, 0) is 19.6 Å². The molecule has 0 spiro atoms. The number of carbonyl (C=O) groups excluding carboxylic acids is 2. The first-order valence-corrected chi connectivity index (χ1v) is 16.5. The molecule has 3 aliphatic rings. The summed E-state index contributed by atoms with van der Waals surface area (Å²) in [4.78, 5) is 48.4. The van der Waals surface area contributed by atoms with Crippen LogP contribution in [0.3, 0.4) is 0 Å². The normalized spacial score (nSPS) is 19.5. The van der Waals surface area contributed by atoms with Gasteiger partial charge in [0.1, 0.15) is 0 Å². The lowest BCUT2D eigenvalue weighted by Gasteiger charge is -2.38. The zero-order chi connectivity index (χ0) is 33.0. The molecule has 0 saturated carbocycles. The number of fused-ring (bicyclic) bond motifs is 2. The third-order valence-corrected chi connectivity index (χ3v) is 10.5. The summed E-state index contributed by atoms with van der Waals surface area (Å²) in [6.45, 7) is 2.62. The third kappa shape index (κ3) is 6.90. The maximum atomic E-state index is 13.7. The van der Waals surface area contributed by atoms with E-state index in [4.69, 9.17) is 21.8 Å². The Bertz CT molecular complexity index is 1740. The van der Waals surface area contributed by atoms with Gasteiger partial charge in [0, 0.05) is 29.8 Å². The van der Waals surface area contributed by atoms with Crippen molar-refractivity contribution < 1.29 is 37.8 Å². The molecule has 1 unspecified atom stereocenters. The number of likely N-dealkylation sites (tertiary alicyclic amines) is 1. The summed E-state index contributed by atoms with van der Waals surface area (Å²) in [5.41, 5.74) is 2.66. The number of rotatable bonds is 8. The molecular weight excluding hydrogens is 634 g/mol. The van der Waals surface area contributed by atoms with Crippen molar-refractivity contribution in [2.45, 2.75) is 36.2 Å². The maximum Gasteiger partial charge on any atom is 0.328 e. The van der Waals surface area contributed by atoms with Crippen LogP contribution in [-0.4, -0.2) is 88.7 Å². The molecule has 13 heteroatoms. The van der Waals surface area contributed by atoms with Gasteiger partial charge in [-0.1, -0.05) is 54.1 Å². The smallest absolute Gasteiger partial charge is 0.328 e. The summed E-state index contributed by atoms with van der Waals surface area (Å²) in [5, 5.41) is 16.2. The maximum absolute atomic E-state index is 13.7. The third-order valence-electron chi connectivity index (χ3n) is 8.23. The number of halogens is 1. The Labute approximate surface area is 271 Å². The molecule has 0 radical (unpaired) electrons. The van der Waals surface area contributed by atoms with Crippen LogP contribution in [0.2, 0.25) is 5.02 Å². The van der Waals surface area contributed by atoms with E-state index in [1.54, 1.807) is 52.8 Å². The molecule has 240 valence electrons. The Morgan fingerprint density at radius 1 is 0.804 bits per heavy atom. The number of nitrogens with zero attached hydrogens (tertiary/aromatic N) is 3. The molecule has 3 aromatic carbocycles. The van der Waals surface area contributed by atoms with Crippen LogP contribution in [0.5, 0.6) is 0 Å². The number of sulfonamides is 1. The molecule has 0 bridgehead atoms. The van der Waals surface area contributed by atoms with Gasteiger partial charge in [-0.2, -0.15) is 4.31 Å². The van der Waals surface area contributed by atoms with Crippen molar-refractivity contribution in [1.82, 2.24) is 14.1 Å². The fourth-order valence-electron chi connectivity index (χ4n) is 6.14. The van der Waals surface area contributed by atoms with Crippen molar-refractivity contribution in [3.05, 3.63) is 112 Å². The summed E-state index contributed by atoms with van der Waals surface area (Å²) in [5.74, 6) is -2.97. The number of hydrogen-bond donors (Lipinski definition) is 2. The topological polar surface area (TPSA) is 153 Å². The lowest BCUT2D eigenvalue weighted by molar-refractivity contribution is -0.134. The van der Waals surface area contributed by atoms with E-state index >= 15 is 0 Å². The summed E-state index contributed by atoms with van der Waals surface area (Å²) >= 11 is 6.12. The van der Waals surface area contributed by atoms with Crippen molar-refractivity contribution in [1.29, 1.82) is 0 Å². The SMILES string of the molecule is O=C(O)C=CC(=O)O.O=C1c2ccccc2C(=O)N1CCCN1CCC(N2C(c3ccc(Cl)cc3)c3ccccc3S2(=O)=O)CC1. The molecule has 0 aromatic heterocycles. The summed E-state index contributed by atoms with van der Waals surface area (Å²) in [7, 11) is -3.64. The molecular formula is C33H32ClN3O8S. The number of amides is 2. The number of imide groups is 1. The molecule has 1 atom stereocenters. The molecule has 0 aliphatic carbocycles. The highest BCUT2D eigenvalue weighted by Gasteiger charge is 2.47. The van der Waals surface area contributed by atoms with Crippen LogP contribution in [0.1, 0.15) is 57.1 Å². The van der Waals surface area contributed by atoms with Gasteiger partial charge in [0.25, 0.3) is 11.8 Å². The van der Waals surface area contributed by atoms with E-state index in [2.05, 4.69) is 4.90 Å². The van der Waals surface area contributed by atoms with Crippen LogP contribution >= 0.6 is 11.6 Å². The highest BCUT2D eigenvalue weighted by atomic mass is 35.5. The molecule has 1 fully saturated rings. The Morgan fingerprint density at radius 3 is 1.91 bits per heavy atom. The van der Waals surface area contributed by atoms with Crippen LogP contribution in [0.25, 0.3) is 0 Å². The van der Waals surface area contributed by atoms with Crippen molar-refractivity contribution in [3.8, 4) is 0 Å². The van der Waals surface area contributed by atoms with Gasteiger partial charge in [-0.05, 0) is 80.4 Å². The molecule has 46 heavy (non-hydrogen) atoms. The average molecular weight is 666 g/mol. The Balaban J connectivity index is 0.000000463. The number of hydrogen-bond acceptors (Lipinski definition) is 7. The van der Waals surface area contributed by atoms with E-state index < -0.39 is 22.0 Å². The fourth-order valence-corrected chi connectivity index (χ4v) is 8.34. The first-order valence-electron chi connectivity index (χ1n) is 14.7. The zero-order valence-electron chi connectivity index (χ0n) is 24.7.